The number of benzene rings is 2. The molecule has 0 unspecified atom stereocenters. The topological polar surface area (TPSA) is 162 Å². The van der Waals surface area contributed by atoms with Gasteiger partial charge in [-0.25, -0.2) is 9.88 Å². The highest BCUT2D eigenvalue weighted by Crippen LogP contribution is 2.47. The van der Waals surface area contributed by atoms with Crippen molar-refractivity contribution < 1.29 is 19.2 Å². The van der Waals surface area contributed by atoms with Crippen LogP contribution in [0.5, 0.6) is 0 Å². The molecule has 0 saturated heterocycles. The first-order chi connectivity index (χ1) is 24.9. The van der Waals surface area contributed by atoms with E-state index in [0.29, 0.717) is 70.7 Å². The summed E-state index contributed by atoms with van der Waals surface area (Å²) in [6.45, 7) is 2.39. The van der Waals surface area contributed by atoms with Gasteiger partial charge in [0.2, 0.25) is 11.9 Å². The van der Waals surface area contributed by atoms with Crippen molar-refractivity contribution in [3.8, 4) is 6.07 Å². The van der Waals surface area contributed by atoms with Crippen molar-refractivity contribution in [3.05, 3.63) is 105 Å². The molecule has 264 valence electrons. The summed E-state index contributed by atoms with van der Waals surface area (Å²) >= 11 is 12.7. The van der Waals surface area contributed by atoms with E-state index in [2.05, 4.69) is 32.0 Å². The lowest BCUT2D eigenvalue weighted by Crippen LogP contribution is -2.52. The van der Waals surface area contributed by atoms with Crippen molar-refractivity contribution in [2.75, 3.05) is 11.4 Å². The highest BCUT2D eigenvalue weighted by Gasteiger charge is 2.57. The number of hydrogen-bond donors (Lipinski definition) is 3. The molecule has 0 radical (unpaired) electrons. The Labute approximate surface area is 309 Å². The second-order valence-corrected chi connectivity index (χ2v) is 15.3. The second-order valence-electron chi connectivity index (χ2n) is 14.5. The highest BCUT2D eigenvalue weighted by molar-refractivity contribution is 6.35. The fraction of sp³-hybridized carbons (Fsp3) is 0.342. The van der Waals surface area contributed by atoms with Gasteiger partial charge in [-0.15, -0.1) is 0 Å². The molecule has 52 heavy (non-hydrogen) atoms. The van der Waals surface area contributed by atoms with Crippen LogP contribution in [0, 0.1) is 17.2 Å². The van der Waals surface area contributed by atoms with Crippen LogP contribution in [0.15, 0.2) is 67.0 Å². The molecule has 4 amide bonds. The first-order valence-corrected chi connectivity index (χ1v) is 18.0. The van der Waals surface area contributed by atoms with E-state index < -0.39 is 22.5 Å². The Bertz CT molecular complexity index is 2160. The van der Waals surface area contributed by atoms with E-state index >= 15 is 0 Å². The summed E-state index contributed by atoms with van der Waals surface area (Å²) in [5, 5.41) is 19.0. The minimum atomic E-state index is -1.33. The van der Waals surface area contributed by atoms with Crippen LogP contribution in [0.25, 0.3) is 0 Å². The standard InChI is InChI=1S/C38H34Cl2N8O4/c1-36(17-22-2-4-23(18-41)5-3-22)34(52)47(28-15-26(39)14-27(40)16-28)35-44-21-29(48(35)36)32(50)45-38(12-13-38)33(51)46-37(10-11-37)30-9-8-25(20-42-30)31(49)43-19-24-6-7-24/h2-5,8-9,14-16,20-21,24H,6-7,10-13,17,19H2,1H3,(H,43,49)(H,45,50)(H,46,51)/t36-/m1/s1. The molecule has 4 aromatic rings. The zero-order valence-corrected chi connectivity index (χ0v) is 29.7. The van der Waals surface area contributed by atoms with E-state index in [1.54, 1.807) is 66.1 Å². The normalized spacial score (nSPS) is 20.4. The zero-order valence-electron chi connectivity index (χ0n) is 28.2. The molecule has 3 heterocycles. The molecule has 8 rings (SSSR count). The van der Waals surface area contributed by atoms with Gasteiger partial charge < -0.3 is 16.0 Å². The number of pyridine rings is 1. The summed E-state index contributed by atoms with van der Waals surface area (Å²) in [7, 11) is 0. The SMILES string of the molecule is C[C@@]1(Cc2ccc(C#N)cc2)C(=O)N(c2cc(Cl)cc(Cl)c2)c2ncc(C(=O)NC3(C(=O)NC4(c5ccc(C(=O)NCC6CC6)cn5)CC4)CC3)n21. The van der Waals surface area contributed by atoms with Crippen molar-refractivity contribution in [2.45, 2.75) is 68.5 Å². The summed E-state index contributed by atoms with van der Waals surface area (Å²) in [5.74, 6) is -0.636. The summed E-state index contributed by atoms with van der Waals surface area (Å²) in [5.41, 5.74) is -0.293. The van der Waals surface area contributed by atoms with Gasteiger partial charge in [0.05, 0.1) is 40.3 Å². The quantitative estimate of drug-likeness (QED) is 0.188. The Morgan fingerprint density at radius 2 is 1.63 bits per heavy atom. The Kier molecular flexibility index (Phi) is 8.12. The van der Waals surface area contributed by atoms with Crippen LogP contribution < -0.4 is 20.9 Å². The fourth-order valence-electron chi connectivity index (χ4n) is 6.92. The fourth-order valence-corrected chi connectivity index (χ4v) is 7.43. The molecule has 3 fully saturated rings. The molecule has 3 N–H and O–H groups in total. The third-order valence-electron chi connectivity index (χ3n) is 10.5. The van der Waals surface area contributed by atoms with E-state index in [9.17, 15) is 24.4 Å². The van der Waals surface area contributed by atoms with E-state index in [1.807, 2.05) is 0 Å². The number of amides is 4. The van der Waals surface area contributed by atoms with E-state index in [4.69, 9.17) is 23.2 Å². The Morgan fingerprint density at radius 1 is 0.923 bits per heavy atom. The lowest BCUT2D eigenvalue weighted by Gasteiger charge is -2.27. The van der Waals surface area contributed by atoms with Gasteiger partial charge in [-0.2, -0.15) is 5.26 Å². The predicted octanol–water partition coefficient (Wildman–Crippen LogP) is 5.30. The number of carbonyl (C=O) groups excluding carboxylic acids is 4. The maximum absolute atomic E-state index is 14.4. The summed E-state index contributed by atoms with van der Waals surface area (Å²) < 4.78 is 1.60. The number of halogens is 2. The number of nitrogens with zero attached hydrogens (tertiary/aromatic N) is 5. The molecular weight excluding hydrogens is 703 g/mol. The van der Waals surface area contributed by atoms with Crippen LogP contribution in [0.3, 0.4) is 0 Å². The van der Waals surface area contributed by atoms with Gasteiger partial charge in [0.15, 0.2) is 0 Å². The lowest BCUT2D eigenvalue weighted by molar-refractivity contribution is -0.125. The number of nitriles is 1. The minimum Gasteiger partial charge on any atom is -0.352 e. The molecule has 4 aliphatic rings. The van der Waals surface area contributed by atoms with Crippen molar-refractivity contribution >= 4 is 58.5 Å². The molecule has 0 spiro atoms. The van der Waals surface area contributed by atoms with Gasteiger partial charge >= 0.3 is 0 Å². The third-order valence-corrected chi connectivity index (χ3v) is 10.9. The Morgan fingerprint density at radius 3 is 2.23 bits per heavy atom. The van der Waals surface area contributed by atoms with Crippen molar-refractivity contribution in [1.82, 2.24) is 30.5 Å². The monoisotopic (exact) mass is 736 g/mol. The van der Waals surface area contributed by atoms with Crippen molar-refractivity contribution in [3.63, 3.8) is 0 Å². The van der Waals surface area contributed by atoms with Crippen molar-refractivity contribution in [1.29, 1.82) is 5.26 Å². The maximum Gasteiger partial charge on any atom is 0.270 e. The second kappa shape index (κ2) is 12.5. The summed E-state index contributed by atoms with van der Waals surface area (Å²) in [4.78, 5) is 65.4. The van der Waals surface area contributed by atoms with E-state index in [1.165, 1.54) is 17.3 Å². The maximum atomic E-state index is 14.4. The smallest absolute Gasteiger partial charge is 0.270 e. The first-order valence-electron chi connectivity index (χ1n) is 17.2. The van der Waals surface area contributed by atoms with Gasteiger partial charge in [-0.3, -0.25) is 28.7 Å². The number of imidazole rings is 1. The molecule has 1 aliphatic heterocycles. The average molecular weight is 738 g/mol. The number of fused-ring (bicyclic) bond motifs is 1. The van der Waals surface area contributed by atoms with Crippen LogP contribution in [-0.2, 0) is 27.1 Å². The molecule has 14 heteroatoms. The van der Waals surface area contributed by atoms with Crippen LogP contribution in [-0.4, -0.2) is 50.2 Å². The van der Waals surface area contributed by atoms with Gasteiger partial charge in [0, 0.05) is 29.2 Å². The molecular formula is C38H34Cl2N8O4. The number of carbonyl (C=O) groups is 4. The first kappa shape index (κ1) is 33.9. The Balaban J connectivity index is 1.04. The van der Waals surface area contributed by atoms with Crippen LogP contribution >= 0.6 is 23.2 Å². The predicted molar refractivity (Wildman–Crippen MR) is 192 cm³/mol. The van der Waals surface area contributed by atoms with Crippen LogP contribution in [0.4, 0.5) is 11.6 Å². The van der Waals surface area contributed by atoms with Crippen molar-refractivity contribution in [2.24, 2.45) is 5.92 Å². The summed E-state index contributed by atoms with van der Waals surface area (Å²) in [6.07, 6.45) is 7.62. The van der Waals surface area contributed by atoms with Crippen LogP contribution in [0.1, 0.15) is 83.1 Å². The lowest BCUT2D eigenvalue weighted by atomic mass is 9.91. The molecule has 1 atom stereocenters. The number of nitrogens with one attached hydrogen (secondary N) is 3. The number of anilines is 2. The van der Waals surface area contributed by atoms with E-state index in [0.717, 1.165) is 18.4 Å². The Hall–Kier alpha value is -5.25. The zero-order chi connectivity index (χ0) is 36.4. The average Bonchev–Trinajstić information content (AvgIpc) is 4.06. The number of aromatic nitrogens is 3. The van der Waals surface area contributed by atoms with Crippen LogP contribution in [0.2, 0.25) is 10.0 Å². The highest BCUT2D eigenvalue weighted by atomic mass is 35.5. The molecule has 3 saturated carbocycles. The van der Waals surface area contributed by atoms with Gasteiger partial charge in [0.25, 0.3) is 17.7 Å². The van der Waals surface area contributed by atoms with Gasteiger partial charge in [-0.1, -0.05) is 35.3 Å². The number of hydrogen-bond acceptors (Lipinski definition) is 7. The minimum absolute atomic E-state index is 0.104. The van der Waals surface area contributed by atoms with Gasteiger partial charge in [0.1, 0.15) is 16.8 Å². The molecule has 2 aromatic carbocycles. The molecule has 3 aliphatic carbocycles. The van der Waals surface area contributed by atoms with Gasteiger partial charge in [-0.05, 0) is 99.4 Å². The molecule has 0 bridgehead atoms. The molecule has 2 aromatic heterocycles. The molecule has 12 nitrogen and oxygen atoms in total. The number of rotatable bonds is 11. The summed E-state index contributed by atoms with van der Waals surface area (Å²) in [6, 6.07) is 17.3. The third kappa shape index (κ3) is 6.07. The van der Waals surface area contributed by atoms with E-state index in [-0.39, 0.29) is 35.8 Å². The largest absolute Gasteiger partial charge is 0.352 e.